The van der Waals surface area contributed by atoms with Gasteiger partial charge in [-0.25, -0.2) is 0 Å². The Morgan fingerprint density at radius 1 is 1.60 bits per heavy atom. The van der Waals surface area contributed by atoms with Gasteiger partial charge in [0.25, 0.3) is 0 Å². The zero-order chi connectivity index (χ0) is 10.7. The highest BCUT2D eigenvalue weighted by Crippen LogP contribution is 2.44. The van der Waals surface area contributed by atoms with Crippen LogP contribution in [0.1, 0.15) is 13.3 Å². The van der Waals surface area contributed by atoms with Gasteiger partial charge in [0.1, 0.15) is 0 Å². The third-order valence-electron chi connectivity index (χ3n) is 2.68. The molecule has 80 valence electrons. The summed E-state index contributed by atoms with van der Waals surface area (Å²) in [6, 6.07) is 0. The number of hydrogen-bond donors (Lipinski definition) is 0. The van der Waals surface area contributed by atoms with Crippen molar-refractivity contribution < 1.29 is 9.53 Å². The molecule has 0 amide bonds. The van der Waals surface area contributed by atoms with Crippen LogP contribution in [0, 0.1) is 17.6 Å². The second kappa shape index (κ2) is 4.88. The largest absolute Gasteiger partial charge is 0.466 e. The quantitative estimate of drug-likeness (QED) is 0.671. The topological polar surface area (TPSA) is 26.3 Å². The summed E-state index contributed by atoms with van der Waals surface area (Å²) in [5.41, 5.74) is 0. The molecule has 1 aliphatic heterocycles. The molecule has 0 aromatic carbocycles. The van der Waals surface area contributed by atoms with Gasteiger partial charge in [-0.15, -0.1) is 11.8 Å². The summed E-state index contributed by atoms with van der Waals surface area (Å²) in [6.45, 7) is 2.29. The Bertz CT molecular complexity index is 296. The second-order valence-electron chi connectivity index (χ2n) is 3.64. The Morgan fingerprint density at radius 2 is 2.47 bits per heavy atom. The van der Waals surface area contributed by atoms with E-state index in [1.54, 1.807) is 11.8 Å². The monoisotopic (exact) mass is 222 g/mol. The second-order valence-corrected chi connectivity index (χ2v) is 4.66. The lowest BCUT2D eigenvalue weighted by Crippen LogP contribution is -2.25. The molecule has 2 nitrogen and oxygen atoms in total. The van der Waals surface area contributed by atoms with E-state index in [1.165, 1.54) is 0 Å². The van der Waals surface area contributed by atoms with Crippen LogP contribution in [0.3, 0.4) is 0 Å². The average molecular weight is 222 g/mol. The third kappa shape index (κ3) is 2.28. The first-order valence-electron chi connectivity index (χ1n) is 5.24. The molecular formula is C12H14O2S. The molecule has 3 heteroatoms. The van der Waals surface area contributed by atoms with E-state index in [-0.39, 0.29) is 11.9 Å². The molecule has 15 heavy (non-hydrogen) atoms. The number of rotatable bonds is 2. The minimum absolute atomic E-state index is 0.124. The molecule has 0 aromatic rings. The number of esters is 1. The minimum atomic E-state index is -0.160. The van der Waals surface area contributed by atoms with Gasteiger partial charge in [0.15, 0.2) is 0 Å². The molecule has 0 bridgehead atoms. The number of carbonyl (C=O) groups excluding carboxylic acids is 1. The van der Waals surface area contributed by atoms with E-state index < -0.39 is 0 Å². The van der Waals surface area contributed by atoms with E-state index in [1.807, 2.05) is 19.1 Å². The van der Waals surface area contributed by atoms with Gasteiger partial charge in [0, 0.05) is 5.25 Å². The maximum atomic E-state index is 11.7. The van der Waals surface area contributed by atoms with Gasteiger partial charge < -0.3 is 4.74 Å². The first kappa shape index (κ1) is 10.8. The van der Waals surface area contributed by atoms with E-state index in [9.17, 15) is 4.79 Å². The fourth-order valence-corrected chi connectivity index (χ4v) is 3.10. The van der Waals surface area contributed by atoms with Crippen molar-refractivity contribution in [1.29, 1.82) is 0 Å². The van der Waals surface area contributed by atoms with Gasteiger partial charge in [-0.2, -0.15) is 0 Å². The van der Waals surface area contributed by atoms with Crippen molar-refractivity contribution in [3.63, 3.8) is 0 Å². The molecule has 0 spiro atoms. The Balaban J connectivity index is 2.06. The zero-order valence-electron chi connectivity index (χ0n) is 8.68. The molecule has 2 radical (unpaired) electrons. The van der Waals surface area contributed by atoms with Gasteiger partial charge in [-0.3, -0.25) is 4.79 Å². The van der Waals surface area contributed by atoms with Gasteiger partial charge in [-0.1, -0.05) is 24.3 Å². The Morgan fingerprint density at radius 3 is 3.27 bits per heavy atom. The van der Waals surface area contributed by atoms with Gasteiger partial charge >= 0.3 is 5.97 Å². The summed E-state index contributed by atoms with van der Waals surface area (Å²) >= 11 is 1.62. The molecular weight excluding hydrogens is 208 g/mol. The van der Waals surface area contributed by atoms with E-state index in [2.05, 4.69) is 17.9 Å². The van der Waals surface area contributed by atoms with Crippen LogP contribution < -0.4 is 0 Å². The molecule has 3 atom stereocenters. The van der Waals surface area contributed by atoms with Crippen LogP contribution in [0.4, 0.5) is 0 Å². The lowest BCUT2D eigenvalue weighted by Gasteiger charge is -2.18. The van der Waals surface area contributed by atoms with Gasteiger partial charge in [-0.05, 0) is 19.3 Å². The molecule has 1 aliphatic carbocycles. The van der Waals surface area contributed by atoms with Crippen molar-refractivity contribution >= 4 is 17.7 Å². The normalized spacial score (nSPS) is 33.5. The fraction of sp³-hybridized carbons (Fsp3) is 0.500. The molecule has 1 heterocycles. The van der Waals surface area contributed by atoms with Crippen LogP contribution in [0.15, 0.2) is 24.3 Å². The van der Waals surface area contributed by atoms with Crippen molar-refractivity contribution in [2.75, 3.05) is 6.61 Å². The van der Waals surface area contributed by atoms with Crippen molar-refractivity contribution in [2.45, 2.75) is 18.6 Å². The molecule has 2 rings (SSSR count). The number of ether oxygens (including phenoxy) is 1. The average Bonchev–Trinajstić information content (AvgIpc) is 2.48. The van der Waals surface area contributed by atoms with E-state index in [0.29, 0.717) is 17.8 Å². The lowest BCUT2D eigenvalue weighted by molar-refractivity contribution is -0.147. The van der Waals surface area contributed by atoms with Crippen LogP contribution in [0.25, 0.3) is 0 Å². The van der Waals surface area contributed by atoms with Crippen molar-refractivity contribution in [1.82, 2.24) is 0 Å². The molecule has 2 aliphatic rings. The minimum Gasteiger partial charge on any atom is -0.466 e. The third-order valence-corrected chi connectivity index (χ3v) is 3.85. The highest BCUT2D eigenvalue weighted by atomic mass is 32.2. The Hall–Kier alpha value is -0.700. The standard InChI is InChI=1S/C12H14O2S/c1-2-14-12(13)10-8-15-11-7-5-3-4-6-9(10)11/h3-5,7,9-11H,2,6H2,1H3. The molecule has 1 fully saturated rings. The maximum absolute atomic E-state index is 11.7. The van der Waals surface area contributed by atoms with E-state index >= 15 is 0 Å². The smallest absolute Gasteiger partial charge is 0.310 e. The fourth-order valence-electron chi connectivity index (χ4n) is 1.91. The number of hydrogen-bond acceptors (Lipinski definition) is 3. The summed E-state index contributed by atoms with van der Waals surface area (Å²) in [6.07, 6.45) is 9.28. The van der Waals surface area contributed by atoms with Crippen molar-refractivity contribution in [3.05, 3.63) is 30.1 Å². The summed E-state index contributed by atoms with van der Waals surface area (Å²) < 4.78 is 5.05. The van der Waals surface area contributed by atoms with Gasteiger partial charge in [0.2, 0.25) is 0 Å². The summed E-state index contributed by atoms with van der Waals surface area (Å²) in [7, 11) is 0. The molecule has 1 saturated heterocycles. The first-order valence-corrected chi connectivity index (χ1v) is 6.12. The number of carbonyl (C=O) groups is 1. The first-order chi connectivity index (χ1) is 7.33. The predicted octanol–water partition coefficient (Wildman–Crippen LogP) is 2.45. The SMILES string of the molecule is CCOC(=O)C1[C]SC2C=CC=CCC21. The lowest BCUT2D eigenvalue weighted by atomic mass is 9.88. The van der Waals surface area contributed by atoms with E-state index in [4.69, 9.17) is 4.74 Å². The van der Waals surface area contributed by atoms with Crippen LogP contribution >= 0.6 is 11.8 Å². The molecule has 3 unspecified atom stereocenters. The summed E-state index contributed by atoms with van der Waals surface area (Å²) in [4.78, 5) is 11.7. The number of thioether (sulfide) groups is 1. The number of allylic oxidation sites excluding steroid dienone is 3. The zero-order valence-corrected chi connectivity index (χ0v) is 9.50. The highest BCUT2D eigenvalue weighted by molar-refractivity contribution is 8.02. The molecule has 0 saturated carbocycles. The molecule has 0 aromatic heterocycles. The van der Waals surface area contributed by atoms with Crippen LogP contribution in [-0.4, -0.2) is 17.8 Å². The Kier molecular flexibility index (Phi) is 3.52. The van der Waals surface area contributed by atoms with Gasteiger partial charge in [0.05, 0.1) is 18.3 Å². The molecule has 0 N–H and O–H groups in total. The summed E-state index contributed by atoms with van der Waals surface area (Å²) in [5.74, 6) is 3.21. The highest BCUT2D eigenvalue weighted by Gasteiger charge is 2.40. The van der Waals surface area contributed by atoms with Crippen LogP contribution in [-0.2, 0) is 9.53 Å². The van der Waals surface area contributed by atoms with E-state index in [0.717, 1.165) is 6.42 Å². The number of fused-ring (bicyclic) bond motifs is 1. The van der Waals surface area contributed by atoms with Crippen molar-refractivity contribution in [3.8, 4) is 0 Å². The predicted molar refractivity (Wildman–Crippen MR) is 61.1 cm³/mol. The van der Waals surface area contributed by atoms with Crippen LogP contribution in [0.2, 0.25) is 0 Å². The maximum Gasteiger partial charge on any atom is 0.310 e. The Labute approximate surface area is 94.8 Å². The van der Waals surface area contributed by atoms with Crippen LogP contribution in [0.5, 0.6) is 0 Å². The summed E-state index contributed by atoms with van der Waals surface area (Å²) in [5, 5.41) is 0.384. The van der Waals surface area contributed by atoms with Crippen molar-refractivity contribution in [2.24, 2.45) is 11.8 Å².